The van der Waals surface area contributed by atoms with Crippen LogP contribution in [0.4, 0.5) is 0 Å². The van der Waals surface area contributed by atoms with Gasteiger partial charge in [0, 0.05) is 5.56 Å². The molecule has 0 atom stereocenters. The van der Waals surface area contributed by atoms with Crippen molar-refractivity contribution in [3.63, 3.8) is 0 Å². The molecule has 0 radical (unpaired) electrons. The summed E-state index contributed by atoms with van der Waals surface area (Å²) in [5, 5.41) is 0. The van der Waals surface area contributed by atoms with E-state index in [0.29, 0.717) is 12.2 Å². The van der Waals surface area contributed by atoms with E-state index in [1.54, 1.807) is 6.08 Å². The standard InChI is InChI=1S/C43H68O3/c1-3-5-7-9-11-13-14-15-16-17-18-19-20-22-24-26-37-46-42-29-27-28-40(38-42)43(44)35-32-39-30-33-41(34-31-39)45-36-25-23-21-12-10-8-6-4-2/h27-35,38H,3-26,36-37H2,1-2H3/b35-32+. The van der Waals surface area contributed by atoms with Crippen LogP contribution >= 0.6 is 0 Å². The maximum atomic E-state index is 12.8. The van der Waals surface area contributed by atoms with Crippen molar-refractivity contribution in [2.45, 2.75) is 168 Å². The van der Waals surface area contributed by atoms with E-state index in [1.807, 2.05) is 54.6 Å². The average molecular weight is 633 g/mol. The molecule has 258 valence electrons. The molecule has 2 aromatic rings. The van der Waals surface area contributed by atoms with Gasteiger partial charge in [-0.3, -0.25) is 4.79 Å². The summed E-state index contributed by atoms with van der Waals surface area (Å²) in [5.41, 5.74) is 1.65. The highest BCUT2D eigenvalue weighted by molar-refractivity contribution is 6.07. The van der Waals surface area contributed by atoms with Gasteiger partial charge in [0.25, 0.3) is 0 Å². The molecule has 3 nitrogen and oxygen atoms in total. The summed E-state index contributed by atoms with van der Waals surface area (Å²) in [7, 11) is 0. The fourth-order valence-corrected chi connectivity index (χ4v) is 5.95. The topological polar surface area (TPSA) is 35.5 Å². The first-order chi connectivity index (χ1) is 22.7. The minimum atomic E-state index is -0.0112. The van der Waals surface area contributed by atoms with Crippen LogP contribution < -0.4 is 9.47 Å². The summed E-state index contributed by atoms with van der Waals surface area (Å²) in [6.45, 7) is 6.02. The number of hydrogen-bond donors (Lipinski definition) is 0. The highest BCUT2D eigenvalue weighted by Crippen LogP contribution is 2.18. The van der Waals surface area contributed by atoms with Gasteiger partial charge in [-0.05, 0) is 48.7 Å². The van der Waals surface area contributed by atoms with Crippen molar-refractivity contribution in [2.75, 3.05) is 13.2 Å². The minimum absolute atomic E-state index is 0.0112. The monoisotopic (exact) mass is 633 g/mol. The van der Waals surface area contributed by atoms with Gasteiger partial charge in [0.15, 0.2) is 5.78 Å². The van der Waals surface area contributed by atoms with Gasteiger partial charge >= 0.3 is 0 Å². The first-order valence-electron chi connectivity index (χ1n) is 19.4. The third-order valence-electron chi connectivity index (χ3n) is 8.96. The fraction of sp³-hybridized carbons (Fsp3) is 0.651. The number of unbranched alkanes of at least 4 members (excludes halogenated alkanes) is 22. The van der Waals surface area contributed by atoms with Crippen molar-refractivity contribution < 1.29 is 14.3 Å². The molecule has 46 heavy (non-hydrogen) atoms. The second-order valence-corrected chi connectivity index (χ2v) is 13.3. The highest BCUT2D eigenvalue weighted by atomic mass is 16.5. The van der Waals surface area contributed by atoms with Crippen LogP contribution in [0.15, 0.2) is 54.6 Å². The number of carbonyl (C=O) groups is 1. The minimum Gasteiger partial charge on any atom is -0.494 e. The molecule has 0 bridgehead atoms. The number of ketones is 1. The number of carbonyl (C=O) groups excluding carboxylic acids is 1. The van der Waals surface area contributed by atoms with E-state index in [0.717, 1.165) is 36.5 Å². The molecule has 0 aliphatic carbocycles. The van der Waals surface area contributed by atoms with E-state index >= 15 is 0 Å². The van der Waals surface area contributed by atoms with Crippen molar-refractivity contribution in [3.8, 4) is 11.5 Å². The molecule has 0 N–H and O–H groups in total. The van der Waals surface area contributed by atoms with Crippen LogP contribution in [0.2, 0.25) is 0 Å². The number of allylic oxidation sites excluding steroid dienone is 1. The van der Waals surface area contributed by atoms with Gasteiger partial charge in [-0.15, -0.1) is 0 Å². The lowest BCUT2D eigenvalue weighted by molar-refractivity contribution is 0.104. The van der Waals surface area contributed by atoms with E-state index < -0.39 is 0 Å². The summed E-state index contributed by atoms with van der Waals surface area (Å²) < 4.78 is 11.9. The van der Waals surface area contributed by atoms with E-state index in [9.17, 15) is 4.79 Å². The van der Waals surface area contributed by atoms with Gasteiger partial charge < -0.3 is 9.47 Å². The van der Waals surface area contributed by atoms with Gasteiger partial charge in [-0.1, -0.05) is 185 Å². The van der Waals surface area contributed by atoms with Crippen LogP contribution in [0.1, 0.15) is 184 Å². The van der Waals surface area contributed by atoms with Crippen LogP contribution in [-0.4, -0.2) is 19.0 Å². The lowest BCUT2D eigenvalue weighted by atomic mass is 10.0. The Kier molecular flexibility index (Phi) is 24.7. The molecule has 0 saturated carbocycles. The molecule has 0 aliphatic rings. The lowest BCUT2D eigenvalue weighted by Crippen LogP contribution is -2.00. The summed E-state index contributed by atoms with van der Waals surface area (Å²) in [6.07, 6.45) is 35.8. The normalized spacial score (nSPS) is 11.3. The van der Waals surface area contributed by atoms with E-state index in [4.69, 9.17) is 9.47 Å². The second-order valence-electron chi connectivity index (χ2n) is 13.3. The number of rotatable bonds is 31. The molecule has 0 amide bonds. The molecule has 0 aromatic heterocycles. The molecule has 0 unspecified atom stereocenters. The van der Waals surface area contributed by atoms with E-state index in [2.05, 4.69) is 13.8 Å². The average Bonchev–Trinajstić information content (AvgIpc) is 3.08. The maximum Gasteiger partial charge on any atom is 0.185 e. The van der Waals surface area contributed by atoms with Gasteiger partial charge in [-0.25, -0.2) is 0 Å². The zero-order valence-corrected chi connectivity index (χ0v) is 29.9. The third-order valence-corrected chi connectivity index (χ3v) is 8.96. The Morgan fingerprint density at radius 1 is 0.500 bits per heavy atom. The van der Waals surface area contributed by atoms with E-state index in [1.165, 1.54) is 141 Å². The predicted octanol–water partition coefficient (Wildman–Crippen LogP) is 13.7. The molecule has 0 saturated heterocycles. The number of benzene rings is 2. The molecular weight excluding hydrogens is 564 g/mol. The first-order valence-corrected chi connectivity index (χ1v) is 19.4. The molecule has 2 aromatic carbocycles. The Morgan fingerprint density at radius 3 is 1.37 bits per heavy atom. The molecule has 2 rings (SSSR count). The quantitative estimate of drug-likeness (QED) is 0.0471. The van der Waals surface area contributed by atoms with Crippen LogP contribution in [0.3, 0.4) is 0 Å². The first kappa shape index (κ1) is 39.6. The Hall–Kier alpha value is -2.55. The Labute approximate surface area is 284 Å². The summed E-state index contributed by atoms with van der Waals surface area (Å²) in [6, 6.07) is 15.6. The van der Waals surface area contributed by atoms with Gasteiger partial charge in [0.05, 0.1) is 13.2 Å². The van der Waals surface area contributed by atoms with Gasteiger partial charge in [-0.2, -0.15) is 0 Å². The van der Waals surface area contributed by atoms with Crippen LogP contribution in [0, 0.1) is 0 Å². The third kappa shape index (κ3) is 21.3. The molecule has 0 spiro atoms. The van der Waals surface area contributed by atoms with Crippen molar-refractivity contribution in [1.29, 1.82) is 0 Å². The Balaban J connectivity index is 1.50. The van der Waals surface area contributed by atoms with Crippen molar-refractivity contribution in [2.24, 2.45) is 0 Å². The Morgan fingerprint density at radius 2 is 0.913 bits per heavy atom. The van der Waals surface area contributed by atoms with Crippen LogP contribution in [0.5, 0.6) is 11.5 Å². The molecular formula is C43H68O3. The number of hydrogen-bond acceptors (Lipinski definition) is 3. The fourth-order valence-electron chi connectivity index (χ4n) is 5.95. The zero-order chi connectivity index (χ0) is 32.8. The van der Waals surface area contributed by atoms with Crippen LogP contribution in [-0.2, 0) is 0 Å². The van der Waals surface area contributed by atoms with Crippen molar-refractivity contribution in [1.82, 2.24) is 0 Å². The smallest absolute Gasteiger partial charge is 0.185 e. The maximum absolute atomic E-state index is 12.8. The van der Waals surface area contributed by atoms with Crippen molar-refractivity contribution >= 4 is 11.9 Å². The Bertz CT molecular complexity index is 1010. The van der Waals surface area contributed by atoms with E-state index in [-0.39, 0.29) is 5.78 Å². The van der Waals surface area contributed by atoms with Gasteiger partial charge in [0.2, 0.25) is 0 Å². The van der Waals surface area contributed by atoms with Gasteiger partial charge in [0.1, 0.15) is 11.5 Å². The summed E-state index contributed by atoms with van der Waals surface area (Å²) in [4.78, 5) is 12.8. The lowest BCUT2D eigenvalue weighted by Gasteiger charge is -2.07. The highest BCUT2D eigenvalue weighted by Gasteiger charge is 2.04. The molecule has 3 heteroatoms. The molecule has 0 heterocycles. The zero-order valence-electron chi connectivity index (χ0n) is 29.9. The summed E-state index contributed by atoms with van der Waals surface area (Å²) >= 11 is 0. The van der Waals surface area contributed by atoms with Crippen molar-refractivity contribution in [3.05, 3.63) is 65.7 Å². The van der Waals surface area contributed by atoms with Crippen LogP contribution in [0.25, 0.3) is 6.08 Å². The molecule has 0 fully saturated rings. The number of ether oxygens (including phenoxy) is 2. The summed E-state index contributed by atoms with van der Waals surface area (Å²) in [5.74, 6) is 1.65. The molecule has 0 aliphatic heterocycles. The largest absolute Gasteiger partial charge is 0.494 e. The second kappa shape index (κ2) is 28.7. The SMILES string of the molecule is CCCCCCCCCCCCCCCCCCOc1cccc(C(=O)/C=C/c2ccc(OCCCCCCCCCC)cc2)c1. The predicted molar refractivity (Wildman–Crippen MR) is 199 cm³/mol.